The summed E-state index contributed by atoms with van der Waals surface area (Å²) >= 11 is 0. The number of benzene rings is 1. The predicted octanol–water partition coefficient (Wildman–Crippen LogP) is 3.06. The molecule has 3 aromatic heterocycles. The van der Waals surface area contributed by atoms with Gasteiger partial charge in [0.1, 0.15) is 17.8 Å². The maximum atomic E-state index is 13.0. The van der Waals surface area contributed by atoms with E-state index in [2.05, 4.69) is 26.6 Å². The van der Waals surface area contributed by atoms with Crippen LogP contribution in [0.15, 0.2) is 52.2 Å². The molecule has 2 atom stereocenters. The summed E-state index contributed by atoms with van der Waals surface area (Å²) in [6.07, 6.45) is 4.41. The summed E-state index contributed by atoms with van der Waals surface area (Å²) in [7, 11) is 1.48. The number of hydrogen-bond donors (Lipinski definition) is 2. The fourth-order valence-electron chi connectivity index (χ4n) is 4.36. The standard InChI is InChI=1S/C25H25N7O4/c1-5-32-12-19(15(3)30-32)20(18-9-7-6-8-16(18)10-26)14(2)23-29-21(22(33)25(35)31(23)4)24(34)28-17-11-27-36-13-17/h6-9,11-14,20,33H,5H2,1-4H3,(H,28,34)/t14-,20+/m0/s1. The first-order valence-corrected chi connectivity index (χ1v) is 11.3. The molecule has 1 amide bonds. The minimum absolute atomic E-state index is 0.250. The van der Waals surface area contributed by atoms with Crippen molar-refractivity contribution in [3.63, 3.8) is 0 Å². The van der Waals surface area contributed by atoms with Gasteiger partial charge in [-0.3, -0.25) is 18.8 Å². The van der Waals surface area contributed by atoms with Crippen molar-refractivity contribution in [2.24, 2.45) is 7.05 Å². The Morgan fingerprint density at radius 1 is 1.31 bits per heavy atom. The lowest BCUT2D eigenvalue weighted by Crippen LogP contribution is -2.29. The molecule has 0 aliphatic carbocycles. The molecule has 11 nitrogen and oxygen atoms in total. The lowest BCUT2D eigenvalue weighted by Gasteiger charge is -2.26. The van der Waals surface area contributed by atoms with Crippen molar-refractivity contribution in [2.75, 3.05) is 5.32 Å². The van der Waals surface area contributed by atoms with Crippen LogP contribution in [0.3, 0.4) is 0 Å². The number of nitrogens with zero attached hydrogens (tertiary/aromatic N) is 6. The van der Waals surface area contributed by atoms with Crippen molar-refractivity contribution in [1.29, 1.82) is 5.26 Å². The Kier molecular flexibility index (Phi) is 6.69. The Labute approximate surface area is 206 Å². The molecule has 2 N–H and O–H groups in total. The van der Waals surface area contributed by atoms with Gasteiger partial charge in [0.2, 0.25) is 5.75 Å². The second-order valence-corrected chi connectivity index (χ2v) is 8.39. The molecule has 0 aliphatic rings. The van der Waals surface area contributed by atoms with E-state index in [0.717, 1.165) is 16.8 Å². The van der Waals surface area contributed by atoms with E-state index in [-0.39, 0.29) is 11.5 Å². The highest BCUT2D eigenvalue weighted by molar-refractivity contribution is 6.04. The molecule has 3 heterocycles. The number of aromatic nitrogens is 5. The number of aromatic hydroxyl groups is 1. The van der Waals surface area contributed by atoms with Gasteiger partial charge in [-0.05, 0) is 25.5 Å². The molecule has 1 aromatic carbocycles. The molecule has 4 aromatic rings. The quantitative estimate of drug-likeness (QED) is 0.403. The van der Waals surface area contributed by atoms with Gasteiger partial charge in [0.25, 0.3) is 11.5 Å². The van der Waals surface area contributed by atoms with Gasteiger partial charge in [-0.15, -0.1) is 0 Å². The van der Waals surface area contributed by atoms with Gasteiger partial charge in [0, 0.05) is 37.2 Å². The number of amides is 1. The molecule has 0 spiro atoms. The fraction of sp³-hybridized carbons (Fsp3) is 0.280. The van der Waals surface area contributed by atoms with Crippen LogP contribution in [0.1, 0.15) is 64.4 Å². The van der Waals surface area contributed by atoms with Crippen LogP contribution < -0.4 is 10.9 Å². The summed E-state index contributed by atoms with van der Waals surface area (Å²) in [6.45, 7) is 6.38. The zero-order chi connectivity index (χ0) is 26.0. The summed E-state index contributed by atoms with van der Waals surface area (Å²) in [5.41, 5.74) is 1.92. The topological polar surface area (TPSA) is 152 Å². The second kappa shape index (κ2) is 9.87. The van der Waals surface area contributed by atoms with E-state index in [1.165, 1.54) is 24.1 Å². The molecule has 0 fully saturated rings. The third-order valence-corrected chi connectivity index (χ3v) is 6.17. The average molecular weight is 488 g/mol. The molecule has 0 bridgehead atoms. The van der Waals surface area contributed by atoms with Gasteiger partial charge >= 0.3 is 0 Å². The zero-order valence-electron chi connectivity index (χ0n) is 20.3. The summed E-state index contributed by atoms with van der Waals surface area (Å²) < 4.78 is 7.74. The van der Waals surface area contributed by atoms with Crippen LogP contribution in [0.2, 0.25) is 0 Å². The summed E-state index contributed by atoms with van der Waals surface area (Å²) in [5, 5.41) is 30.9. The number of rotatable bonds is 7. The van der Waals surface area contributed by atoms with Crippen molar-refractivity contribution in [1.82, 2.24) is 24.5 Å². The number of hydrogen-bond acceptors (Lipinski definition) is 8. The first kappa shape index (κ1) is 24.4. The van der Waals surface area contributed by atoms with Gasteiger partial charge in [-0.25, -0.2) is 4.98 Å². The maximum Gasteiger partial charge on any atom is 0.296 e. The predicted molar refractivity (Wildman–Crippen MR) is 130 cm³/mol. The van der Waals surface area contributed by atoms with E-state index in [4.69, 9.17) is 4.52 Å². The molecule has 11 heteroatoms. The third kappa shape index (κ3) is 4.36. The molecule has 184 valence electrons. The van der Waals surface area contributed by atoms with Crippen LogP contribution in [-0.2, 0) is 13.6 Å². The van der Waals surface area contributed by atoms with Crippen LogP contribution in [0.5, 0.6) is 5.75 Å². The number of anilines is 1. The molecular weight excluding hydrogens is 462 g/mol. The monoisotopic (exact) mass is 487 g/mol. The Bertz CT molecular complexity index is 1510. The second-order valence-electron chi connectivity index (χ2n) is 8.39. The first-order chi connectivity index (χ1) is 17.3. The molecule has 0 aliphatic heterocycles. The van der Waals surface area contributed by atoms with E-state index < -0.39 is 34.7 Å². The summed E-state index contributed by atoms with van der Waals surface area (Å²) in [6, 6.07) is 9.47. The van der Waals surface area contributed by atoms with Gasteiger partial charge in [0.15, 0.2) is 5.69 Å². The molecule has 0 unspecified atom stereocenters. The smallest absolute Gasteiger partial charge is 0.296 e. The number of carbonyl (C=O) groups excluding carboxylic acids is 1. The molecule has 0 radical (unpaired) electrons. The van der Waals surface area contributed by atoms with E-state index in [1.54, 1.807) is 16.8 Å². The molecule has 4 rings (SSSR count). The van der Waals surface area contributed by atoms with E-state index >= 15 is 0 Å². The van der Waals surface area contributed by atoms with Crippen molar-refractivity contribution < 1.29 is 14.4 Å². The van der Waals surface area contributed by atoms with Gasteiger partial charge in [0.05, 0.1) is 23.5 Å². The normalized spacial score (nSPS) is 12.6. The highest BCUT2D eigenvalue weighted by Gasteiger charge is 2.32. The van der Waals surface area contributed by atoms with Crippen LogP contribution in [-0.4, -0.2) is 35.5 Å². The van der Waals surface area contributed by atoms with Gasteiger partial charge in [-0.2, -0.15) is 10.4 Å². The van der Waals surface area contributed by atoms with Crippen molar-refractivity contribution in [3.05, 3.63) is 87.2 Å². The van der Waals surface area contributed by atoms with Crippen LogP contribution in [0.25, 0.3) is 0 Å². The number of aryl methyl sites for hydroxylation is 2. The Hall–Kier alpha value is -4.72. The molecule has 36 heavy (non-hydrogen) atoms. The SMILES string of the molecule is CCn1cc([C@@H](c2ccccc2C#N)[C@H](C)c2nc(C(=O)Nc3cnoc3)c(O)c(=O)n2C)c(C)n1. The van der Waals surface area contributed by atoms with E-state index in [9.17, 15) is 20.0 Å². The third-order valence-electron chi connectivity index (χ3n) is 6.17. The highest BCUT2D eigenvalue weighted by Crippen LogP contribution is 2.40. The Morgan fingerprint density at radius 3 is 2.69 bits per heavy atom. The lowest BCUT2D eigenvalue weighted by molar-refractivity contribution is 0.101. The largest absolute Gasteiger partial charge is 0.501 e. The first-order valence-electron chi connectivity index (χ1n) is 11.3. The molecule has 0 saturated heterocycles. The maximum absolute atomic E-state index is 13.0. The Morgan fingerprint density at radius 2 is 2.06 bits per heavy atom. The minimum atomic E-state index is -0.786. The fourth-order valence-corrected chi connectivity index (χ4v) is 4.36. The average Bonchev–Trinajstić information content (AvgIpc) is 3.52. The van der Waals surface area contributed by atoms with Crippen molar-refractivity contribution in [3.8, 4) is 11.8 Å². The molecular formula is C25H25N7O4. The number of nitriles is 1. The summed E-state index contributed by atoms with van der Waals surface area (Å²) in [5.74, 6) is -2.21. The highest BCUT2D eigenvalue weighted by atomic mass is 16.5. The van der Waals surface area contributed by atoms with Crippen molar-refractivity contribution in [2.45, 2.75) is 39.2 Å². The minimum Gasteiger partial charge on any atom is -0.501 e. The number of carbonyl (C=O) groups is 1. The van der Waals surface area contributed by atoms with Crippen LogP contribution in [0, 0.1) is 18.3 Å². The van der Waals surface area contributed by atoms with Crippen LogP contribution in [0.4, 0.5) is 5.69 Å². The van der Waals surface area contributed by atoms with Gasteiger partial charge in [-0.1, -0.05) is 30.3 Å². The van der Waals surface area contributed by atoms with Gasteiger partial charge < -0.3 is 14.9 Å². The zero-order valence-corrected chi connectivity index (χ0v) is 20.3. The van der Waals surface area contributed by atoms with E-state index in [0.29, 0.717) is 12.1 Å². The molecule has 0 saturated carbocycles. The van der Waals surface area contributed by atoms with Crippen molar-refractivity contribution >= 4 is 11.6 Å². The van der Waals surface area contributed by atoms with Crippen LogP contribution >= 0.6 is 0 Å². The van der Waals surface area contributed by atoms with E-state index in [1.807, 2.05) is 39.1 Å². The number of nitrogens with one attached hydrogen (secondary N) is 1. The Balaban J connectivity index is 1.89. The summed E-state index contributed by atoms with van der Waals surface area (Å²) in [4.78, 5) is 30.3. The lowest BCUT2D eigenvalue weighted by atomic mass is 9.79.